The first kappa shape index (κ1) is 21.5. The molecule has 1 heterocycles. The Morgan fingerprint density at radius 2 is 1.92 bits per heavy atom. The number of nitrogens with one attached hydrogen (secondary N) is 2. The molecule has 2 aliphatic rings. The molecule has 0 aromatic carbocycles. The molecule has 1 saturated carbocycles. The molecule has 152 valence electrons. The van der Waals surface area contributed by atoms with E-state index in [1.165, 1.54) is 25.7 Å². The minimum atomic E-state index is 0.374. The van der Waals surface area contributed by atoms with Crippen LogP contribution in [0.25, 0.3) is 0 Å². The maximum atomic E-state index is 5.92. The SMILES string of the molecule is CCOCCC1(CNC(=NC)NCCCOC2CCOCC2)CCCC1. The van der Waals surface area contributed by atoms with Crippen LogP contribution in [0.5, 0.6) is 0 Å². The van der Waals surface area contributed by atoms with E-state index in [2.05, 4.69) is 22.5 Å². The van der Waals surface area contributed by atoms with E-state index in [9.17, 15) is 0 Å². The Kier molecular flexibility index (Phi) is 10.3. The zero-order valence-electron chi connectivity index (χ0n) is 16.9. The van der Waals surface area contributed by atoms with Crippen LogP contribution in [-0.4, -0.2) is 65.2 Å². The molecule has 0 aromatic rings. The maximum Gasteiger partial charge on any atom is 0.190 e. The average Bonchev–Trinajstić information content (AvgIpc) is 3.14. The van der Waals surface area contributed by atoms with Crippen LogP contribution in [-0.2, 0) is 14.2 Å². The fourth-order valence-electron chi connectivity index (χ4n) is 3.94. The molecule has 0 unspecified atom stereocenters. The summed E-state index contributed by atoms with van der Waals surface area (Å²) in [6, 6.07) is 0. The van der Waals surface area contributed by atoms with Crippen LogP contribution in [0.4, 0.5) is 0 Å². The summed E-state index contributed by atoms with van der Waals surface area (Å²) in [5.74, 6) is 0.902. The van der Waals surface area contributed by atoms with E-state index in [1.807, 2.05) is 7.05 Å². The highest BCUT2D eigenvalue weighted by Crippen LogP contribution is 2.40. The van der Waals surface area contributed by atoms with Crippen LogP contribution in [0, 0.1) is 5.41 Å². The lowest BCUT2D eigenvalue weighted by atomic mass is 9.83. The van der Waals surface area contributed by atoms with Crippen molar-refractivity contribution in [3.8, 4) is 0 Å². The van der Waals surface area contributed by atoms with E-state index < -0.39 is 0 Å². The number of nitrogens with zero attached hydrogens (tertiary/aromatic N) is 1. The van der Waals surface area contributed by atoms with Gasteiger partial charge in [0.25, 0.3) is 0 Å². The molecule has 0 amide bonds. The van der Waals surface area contributed by atoms with E-state index in [-0.39, 0.29) is 0 Å². The van der Waals surface area contributed by atoms with Crippen LogP contribution in [0.2, 0.25) is 0 Å². The maximum absolute atomic E-state index is 5.92. The normalized spacial score (nSPS) is 21.1. The molecular weight excluding hydrogens is 330 g/mol. The van der Waals surface area contributed by atoms with Crippen molar-refractivity contribution in [3.63, 3.8) is 0 Å². The molecular formula is C20H39N3O3. The smallest absolute Gasteiger partial charge is 0.190 e. The molecule has 0 spiro atoms. The molecule has 1 aliphatic carbocycles. The third kappa shape index (κ3) is 7.80. The Labute approximate surface area is 159 Å². The summed E-state index contributed by atoms with van der Waals surface area (Å²) in [6.07, 6.45) is 9.84. The van der Waals surface area contributed by atoms with Crippen LogP contribution in [0.1, 0.15) is 58.3 Å². The molecule has 2 fully saturated rings. The van der Waals surface area contributed by atoms with Gasteiger partial charge >= 0.3 is 0 Å². The summed E-state index contributed by atoms with van der Waals surface area (Å²) in [5.41, 5.74) is 0.374. The second kappa shape index (κ2) is 12.5. The van der Waals surface area contributed by atoms with Gasteiger partial charge in [0.2, 0.25) is 0 Å². The van der Waals surface area contributed by atoms with Gasteiger partial charge in [0.15, 0.2) is 5.96 Å². The van der Waals surface area contributed by atoms with Crippen molar-refractivity contribution in [1.29, 1.82) is 0 Å². The largest absolute Gasteiger partial charge is 0.382 e. The van der Waals surface area contributed by atoms with Crippen LogP contribution >= 0.6 is 0 Å². The predicted octanol–water partition coefficient (Wildman–Crippen LogP) is 2.72. The standard InChI is InChI=1S/C20H39N3O3/c1-3-24-16-11-20(9-4-5-10-20)17-23-19(21-2)22-12-6-13-26-18-7-14-25-15-8-18/h18H,3-17H2,1-2H3,(H2,21,22,23). The van der Waals surface area contributed by atoms with Gasteiger partial charge in [-0.25, -0.2) is 0 Å². The van der Waals surface area contributed by atoms with Crippen molar-refractivity contribution in [1.82, 2.24) is 10.6 Å². The molecule has 1 aliphatic heterocycles. The van der Waals surface area contributed by atoms with Gasteiger partial charge in [-0.15, -0.1) is 0 Å². The van der Waals surface area contributed by atoms with E-state index in [1.54, 1.807) is 0 Å². The number of ether oxygens (including phenoxy) is 3. The molecule has 0 atom stereocenters. The van der Waals surface area contributed by atoms with Crippen molar-refractivity contribution in [2.45, 2.75) is 64.4 Å². The lowest BCUT2D eigenvalue weighted by Gasteiger charge is -2.30. The molecule has 2 rings (SSSR count). The zero-order chi connectivity index (χ0) is 18.5. The third-order valence-corrected chi connectivity index (χ3v) is 5.63. The van der Waals surface area contributed by atoms with E-state index >= 15 is 0 Å². The Bertz CT molecular complexity index is 392. The average molecular weight is 370 g/mol. The van der Waals surface area contributed by atoms with E-state index in [4.69, 9.17) is 14.2 Å². The summed E-state index contributed by atoms with van der Waals surface area (Å²) in [5, 5.41) is 6.96. The van der Waals surface area contributed by atoms with Gasteiger partial charge in [-0.3, -0.25) is 4.99 Å². The highest BCUT2D eigenvalue weighted by molar-refractivity contribution is 5.79. The van der Waals surface area contributed by atoms with Crippen molar-refractivity contribution >= 4 is 5.96 Å². The van der Waals surface area contributed by atoms with E-state index in [0.717, 1.165) is 77.8 Å². The minimum Gasteiger partial charge on any atom is -0.382 e. The van der Waals surface area contributed by atoms with Crippen molar-refractivity contribution < 1.29 is 14.2 Å². The first-order valence-electron chi connectivity index (χ1n) is 10.5. The predicted molar refractivity (Wildman–Crippen MR) is 106 cm³/mol. The molecule has 2 N–H and O–H groups in total. The second-order valence-corrected chi connectivity index (χ2v) is 7.54. The van der Waals surface area contributed by atoms with Crippen LogP contribution in [0.15, 0.2) is 4.99 Å². The minimum absolute atomic E-state index is 0.374. The molecule has 0 bridgehead atoms. The zero-order valence-corrected chi connectivity index (χ0v) is 16.9. The fraction of sp³-hybridized carbons (Fsp3) is 0.950. The number of aliphatic imine (C=N–C) groups is 1. The second-order valence-electron chi connectivity index (χ2n) is 7.54. The van der Waals surface area contributed by atoms with Gasteiger partial charge in [0, 0.05) is 53.2 Å². The van der Waals surface area contributed by atoms with Crippen LogP contribution < -0.4 is 10.6 Å². The van der Waals surface area contributed by atoms with Crippen molar-refractivity contribution in [2.24, 2.45) is 10.4 Å². The molecule has 6 nitrogen and oxygen atoms in total. The Morgan fingerprint density at radius 3 is 2.62 bits per heavy atom. The Hall–Kier alpha value is -0.850. The summed E-state index contributed by atoms with van der Waals surface area (Å²) in [6.45, 7) is 8.09. The van der Waals surface area contributed by atoms with Gasteiger partial charge < -0.3 is 24.8 Å². The monoisotopic (exact) mass is 369 g/mol. The number of guanidine groups is 1. The quantitative estimate of drug-likeness (QED) is 0.333. The first-order chi connectivity index (χ1) is 12.8. The lowest BCUT2D eigenvalue weighted by Crippen LogP contribution is -2.43. The number of hydrogen-bond acceptors (Lipinski definition) is 4. The van der Waals surface area contributed by atoms with Crippen molar-refractivity contribution in [2.75, 3.05) is 53.2 Å². The fourth-order valence-corrected chi connectivity index (χ4v) is 3.94. The Balaban J connectivity index is 1.60. The summed E-state index contributed by atoms with van der Waals surface area (Å²) >= 11 is 0. The van der Waals surface area contributed by atoms with Crippen molar-refractivity contribution in [3.05, 3.63) is 0 Å². The Morgan fingerprint density at radius 1 is 1.15 bits per heavy atom. The summed E-state index contributed by atoms with van der Waals surface area (Å²) < 4.78 is 16.9. The highest BCUT2D eigenvalue weighted by Gasteiger charge is 2.33. The van der Waals surface area contributed by atoms with Gasteiger partial charge in [0.1, 0.15) is 0 Å². The van der Waals surface area contributed by atoms with Crippen LogP contribution in [0.3, 0.4) is 0 Å². The molecule has 6 heteroatoms. The summed E-state index contributed by atoms with van der Waals surface area (Å²) in [4.78, 5) is 4.37. The first-order valence-corrected chi connectivity index (χ1v) is 10.5. The summed E-state index contributed by atoms with van der Waals surface area (Å²) in [7, 11) is 1.84. The van der Waals surface area contributed by atoms with Gasteiger partial charge in [-0.1, -0.05) is 12.8 Å². The molecule has 26 heavy (non-hydrogen) atoms. The number of hydrogen-bond donors (Lipinski definition) is 2. The molecule has 0 radical (unpaired) electrons. The topological polar surface area (TPSA) is 64.1 Å². The lowest BCUT2D eigenvalue weighted by molar-refractivity contribution is -0.0320. The van der Waals surface area contributed by atoms with Gasteiger partial charge in [-0.2, -0.15) is 0 Å². The van der Waals surface area contributed by atoms with Gasteiger partial charge in [0.05, 0.1) is 6.10 Å². The third-order valence-electron chi connectivity index (χ3n) is 5.63. The number of rotatable bonds is 11. The van der Waals surface area contributed by atoms with Gasteiger partial charge in [-0.05, 0) is 50.9 Å². The molecule has 0 aromatic heterocycles. The molecule has 1 saturated heterocycles. The highest BCUT2D eigenvalue weighted by atomic mass is 16.5. The van der Waals surface area contributed by atoms with E-state index in [0.29, 0.717) is 11.5 Å².